The van der Waals surface area contributed by atoms with E-state index in [2.05, 4.69) is 5.32 Å². The van der Waals surface area contributed by atoms with E-state index in [1.807, 2.05) is 18.7 Å². The number of likely N-dealkylation sites (tertiary alicyclic amines) is 1. The summed E-state index contributed by atoms with van der Waals surface area (Å²) < 4.78 is 0. The van der Waals surface area contributed by atoms with Crippen LogP contribution in [0.25, 0.3) is 0 Å². The molecule has 0 saturated carbocycles. The normalized spacial score (nSPS) is 25.9. The first-order chi connectivity index (χ1) is 8.49. The van der Waals surface area contributed by atoms with E-state index in [1.54, 1.807) is 6.92 Å². The third kappa shape index (κ3) is 2.66. The molecule has 1 aliphatic rings. The average Bonchev–Trinajstić information content (AvgIpc) is 2.74. The van der Waals surface area contributed by atoms with E-state index in [0.717, 1.165) is 12.8 Å². The van der Waals surface area contributed by atoms with Crippen LogP contribution in [-0.4, -0.2) is 46.6 Å². The van der Waals surface area contributed by atoms with Crippen LogP contribution < -0.4 is 5.32 Å². The molecule has 1 heterocycles. The number of rotatable bonds is 6. The molecular weight excluding hydrogens is 232 g/mol. The van der Waals surface area contributed by atoms with E-state index in [1.165, 1.54) is 0 Å². The Labute approximate surface area is 109 Å². The lowest BCUT2D eigenvalue weighted by atomic mass is 9.89. The topological polar surface area (TPSA) is 69.6 Å². The third-order valence-corrected chi connectivity index (χ3v) is 3.80. The number of amides is 1. The Bertz CT molecular complexity index is 319. The summed E-state index contributed by atoms with van der Waals surface area (Å²) in [5.74, 6) is -0.876. The van der Waals surface area contributed by atoms with E-state index >= 15 is 0 Å². The molecule has 1 amide bonds. The molecule has 104 valence electrons. The van der Waals surface area contributed by atoms with Gasteiger partial charge in [-0.25, -0.2) is 0 Å². The summed E-state index contributed by atoms with van der Waals surface area (Å²) in [5, 5.41) is 12.3. The van der Waals surface area contributed by atoms with Crippen molar-refractivity contribution >= 4 is 11.9 Å². The maximum atomic E-state index is 11.9. The molecule has 2 N–H and O–H groups in total. The van der Waals surface area contributed by atoms with Crippen LogP contribution in [0.1, 0.15) is 46.5 Å². The van der Waals surface area contributed by atoms with Gasteiger partial charge in [0, 0.05) is 13.1 Å². The Balaban J connectivity index is 2.91. The predicted octanol–water partition coefficient (Wildman–Crippen LogP) is 1.23. The van der Waals surface area contributed by atoms with Crippen LogP contribution in [-0.2, 0) is 9.59 Å². The number of nitrogens with zero attached hydrogens (tertiary/aromatic N) is 1. The van der Waals surface area contributed by atoms with E-state index in [4.69, 9.17) is 0 Å². The minimum Gasteiger partial charge on any atom is -0.480 e. The first-order valence-electron chi connectivity index (χ1n) is 6.77. The fourth-order valence-corrected chi connectivity index (χ4v) is 2.95. The Kier molecular flexibility index (Phi) is 5.14. The summed E-state index contributed by atoms with van der Waals surface area (Å²) in [6.07, 6.45) is 2.90. The van der Waals surface area contributed by atoms with Gasteiger partial charge in [0.1, 0.15) is 5.54 Å². The van der Waals surface area contributed by atoms with Gasteiger partial charge in [0.25, 0.3) is 0 Å². The van der Waals surface area contributed by atoms with Gasteiger partial charge >= 0.3 is 5.97 Å². The summed E-state index contributed by atoms with van der Waals surface area (Å²) in [5.41, 5.74) is -0.848. The van der Waals surface area contributed by atoms with Crippen molar-refractivity contribution in [1.29, 1.82) is 0 Å². The minimum absolute atomic E-state index is 0.0823. The molecule has 18 heavy (non-hydrogen) atoms. The molecule has 0 radical (unpaired) electrons. The van der Waals surface area contributed by atoms with Gasteiger partial charge in [-0.3, -0.25) is 14.5 Å². The standard InChI is InChI=1S/C13H24N2O3/c1-4-7-13(12(17)18)8-6-9-15(13)10(3)11(16)14-5-2/h10H,4-9H2,1-3H3,(H,14,16)(H,17,18). The Morgan fingerprint density at radius 3 is 2.61 bits per heavy atom. The Hall–Kier alpha value is -1.10. The molecule has 1 rings (SSSR count). The van der Waals surface area contributed by atoms with Gasteiger partial charge in [0.2, 0.25) is 5.91 Å². The predicted molar refractivity (Wildman–Crippen MR) is 69.4 cm³/mol. The van der Waals surface area contributed by atoms with Crippen molar-refractivity contribution in [3.63, 3.8) is 0 Å². The van der Waals surface area contributed by atoms with Crippen molar-refractivity contribution in [3.05, 3.63) is 0 Å². The lowest BCUT2D eigenvalue weighted by molar-refractivity contribution is -0.153. The second-order valence-corrected chi connectivity index (χ2v) is 4.95. The lowest BCUT2D eigenvalue weighted by Gasteiger charge is -2.38. The van der Waals surface area contributed by atoms with Gasteiger partial charge in [0.15, 0.2) is 0 Å². The number of hydrogen-bond donors (Lipinski definition) is 2. The first-order valence-corrected chi connectivity index (χ1v) is 6.77. The SMILES string of the molecule is CCCC1(C(=O)O)CCCN1C(C)C(=O)NCC. The van der Waals surface area contributed by atoms with Crippen molar-refractivity contribution in [2.45, 2.75) is 58.0 Å². The summed E-state index contributed by atoms with van der Waals surface area (Å²) in [4.78, 5) is 25.4. The van der Waals surface area contributed by atoms with Crippen LogP contribution in [0.5, 0.6) is 0 Å². The molecule has 1 fully saturated rings. The second kappa shape index (κ2) is 6.18. The quantitative estimate of drug-likeness (QED) is 0.750. The number of aliphatic carboxylic acids is 1. The van der Waals surface area contributed by atoms with Crippen molar-refractivity contribution in [1.82, 2.24) is 10.2 Å². The van der Waals surface area contributed by atoms with Gasteiger partial charge in [-0.1, -0.05) is 13.3 Å². The van der Waals surface area contributed by atoms with Crippen molar-refractivity contribution in [2.24, 2.45) is 0 Å². The van der Waals surface area contributed by atoms with E-state index in [9.17, 15) is 14.7 Å². The molecule has 0 aromatic carbocycles. The number of carboxylic acids is 1. The molecule has 0 aromatic rings. The van der Waals surface area contributed by atoms with Gasteiger partial charge < -0.3 is 10.4 Å². The number of carbonyl (C=O) groups excluding carboxylic acids is 1. The molecule has 0 spiro atoms. The highest BCUT2D eigenvalue weighted by molar-refractivity contribution is 5.84. The van der Waals surface area contributed by atoms with Crippen molar-refractivity contribution in [2.75, 3.05) is 13.1 Å². The van der Waals surface area contributed by atoms with Crippen LogP contribution >= 0.6 is 0 Å². The van der Waals surface area contributed by atoms with Crippen LogP contribution in [0, 0.1) is 0 Å². The zero-order chi connectivity index (χ0) is 13.8. The number of hydrogen-bond acceptors (Lipinski definition) is 3. The molecule has 2 unspecified atom stereocenters. The molecule has 0 aliphatic carbocycles. The maximum absolute atomic E-state index is 11.9. The molecule has 2 atom stereocenters. The first kappa shape index (κ1) is 15.0. The van der Waals surface area contributed by atoms with Crippen LogP contribution in [0.15, 0.2) is 0 Å². The monoisotopic (exact) mass is 256 g/mol. The average molecular weight is 256 g/mol. The third-order valence-electron chi connectivity index (χ3n) is 3.80. The summed E-state index contributed by atoms with van der Waals surface area (Å²) >= 11 is 0. The maximum Gasteiger partial charge on any atom is 0.324 e. The highest BCUT2D eigenvalue weighted by atomic mass is 16.4. The fourth-order valence-electron chi connectivity index (χ4n) is 2.95. The minimum atomic E-state index is -0.848. The highest BCUT2D eigenvalue weighted by Crippen LogP contribution is 2.35. The van der Waals surface area contributed by atoms with E-state index < -0.39 is 11.5 Å². The number of carbonyl (C=O) groups is 2. The lowest BCUT2D eigenvalue weighted by Crippen LogP contribution is -2.57. The molecule has 5 nitrogen and oxygen atoms in total. The number of carboxylic acid groups (broad SMARTS) is 1. The molecule has 0 aromatic heterocycles. The molecule has 1 aliphatic heterocycles. The fraction of sp³-hybridized carbons (Fsp3) is 0.846. The Morgan fingerprint density at radius 2 is 2.11 bits per heavy atom. The van der Waals surface area contributed by atoms with Crippen molar-refractivity contribution in [3.8, 4) is 0 Å². The number of likely N-dealkylation sites (N-methyl/N-ethyl adjacent to an activating group) is 1. The van der Waals surface area contributed by atoms with Crippen LogP contribution in [0.2, 0.25) is 0 Å². The van der Waals surface area contributed by atoms with E-state index in [0.29, 0.717) is 25.9 Å². The zero-order valence-electron chi connectivity index (χ0n) is 11.5. The molecule has 5 heteroatoms. The van der Waals surface area contributed by atoms with Gasteiger partial charge in [-0.15, -0.1) is 0 Å². The van der Waals surface area contributed by atoms with Crippen LogP contribution in [0.4, 0.5) is 0 Å². The zero-order valence-corrected chi connectivity index (χ0v) is 11.5. The van der Waals surface area contributed by atoms with Gasteiger partial charge in [-0.2, -0.15) is 0 Å². The molecule has 0 bridgehead atoms. The molecule has 1 saturated heterocycles. The summed E-state index contributed by atoms with van der Waals surface area (Å²) in [6.45, 7) is 6.90. The largest absolute Gasteiger partial charge is 0.480 e. The smallest absolute Gasteiger partial charge is 0.324 e. The van der Waals surface area contributed by atoms with Crippen molar-refractivity contribution < 1.29 is 14.7 Å². The summed E-state index contributed by atoms with van der Waals surface area (Å²) in [7, 11) is 0. The van der Waals surface area contributed by atoms with Crippen LogP contribution in [0.3, 0.4) is 0 Å². The van der Waals surface area contributed by atoms with Gasteiger partial charge in [-0.05, 0) is 33.1 Å². The highest BCUT2D eigenvalue weighted by Gasteiger charge is 2.49. The summed E-state index contributed by atoms with van der Waals surface area (Å²) in [6, 6.07) is -0.380. The second-order valence-electron chi connectivity index (χ2n) is 4.95. The Morgan fingerprint density at radius 1 is 1.44 bits per heavy atom. The van der Waals surface area contributed by atoms with E-state index in [-0.39, 0.29) is 11.9 Å². The van der Waals surface area contributed by atoms with Gasteiger partial charge in [0.05, 0.1) is 6.04 Å². The molecular formula is C13H24N2O3. The number of nitrogens with one attached hydrogen (secondary N) is 1.